The molecule has 1 aromatic heterocycles. The average Bonchev–Trinajstić information content (AvgIpc) is 2.33. The molecule has 0 N–H and O–H groups in total. The summed E-state index contributed by atoms with van der Waals surface area (Å²) in [5, 5.41) is 0. The van der Waals surface area contributed by atoms with Crippen molar-refractivity contribution in [3.63, 3.8) is 0 Å². The van der Waals surface area contributed by atoms with Crippen LogP contribution in [0, 0.1) is 19.6 Å². The van der Waals surface area contributed by atoms with Crippen LogP contribution in [0.2, 0.25) is 0 Å². The summed E-state index contributed by atoms with van der Waals surface area (Å²) < 4.78 is 7.77. The summed E-state index contributed by atoms with van der Waals surface area (Å²) >= 11 is 0. The smallest absolute Gasteiger partial charge is 0.0235 e. The number of anilines is 1. The topological polar surface area (TPSA) is 29.0 Å². The Balaban J connectivity index is 0.000000980. The fourth-order valence-corrected chi connectivity index (χ4v) is 1.17. The molecule has 14 heavy (non-hydrogen) atoms. The van der Waals surface area contributed by atoms with Crippen LogP contribution >= 0.6 is 0 Å². The van der Waals surface area contributed by atoms with Crippen LogP contribution in [0.1, 0.15) is 12.6 Å². The zero-order chi connectivity index (χ0) is 9.59. The number of nitrogens with zero attached hydrogens (tertiary/aromatic N) is 3. The Morgan fingerprint density at radius 1 is 1.57 bits per heavy atom. The molecular weight excluding hydrogens is 423 g/mol. The van der Waals surface area contributed by atoms with Gasteiger partial charge in [-0.05, 0) is 8.42 Å². The summed E-state index contributed by atoms with van der Waals surface area (Å²) in [7, 11) is 1.84. The molecule has 2 heterocycles. The third kappa shape index (κ3) is 2.26. The summed E-state index contributed by atoms with van der Waals surface area (Å²) in [5.41, 5.74) is 2.21. The van der Waals surface area contributed by atoms with E-state index in [-0.39, 0.29) is 53.8 Å². The van der Waals surface area contributed by atoms with Crippen LogP contribution in [0.15, 0.2) is 12.3 Å². The number of allylic oxidation sites excluding steroid dienone is 1. The zero-order valence-electron chi connectivity index (χ0n) is 9.03. The second kappa shape index (κ2) is 5.39. The Hall–Kier alpha value is 0.282. The maximum absolute atomic E-state index is 7.77. The van der Waals surface area contributed by atoms with E-state index < -0.39 is 0 Å². The minimum atomic E-state index is 0. The molecule has 0 atom stereocenters. The molecule has 0 aliphatic carbocycles. The average molecular weight is 434 g/mol. The number of fused-ring (bicyclic) bond motifs is 1. The third-order valence-corrected chi connectivity index (χ3v) is 1.95. The molecule has 1 aromatic rings. The third-order valence-electron chi connectivity index (χ3n) is 1.95. The van der Waals surface area contributed by atoms with E-state index >= 15 is 0 Å². The van der Waals surface area contributed by atoms with Crippen molar-refractivity contribution in [3.8, 4) is 0 Å². The molecular formula is C9H9N3WY-2. The van der Waals surface area contributed by atoms with Gasteiger partial charge in [0.25, 0.3) is 0 Å². The molecule has 0 fully saturated rings. The van der Waals surface area contributed by atoms with Gasteiger partial charge in [-0.1, -0.05) is 18.3 Å². The van der Waals surface area contributed by atoms with Crippen LogP contribution in [0.3, 0.4) is 0 Å². The predicted octanol–water partition coefficient (Wildman–Crippen LogP) is 1.10. The van der Waals surface area contributed by atoms with E-state index in [1.807, 2.05) is 14.0 Å². The largest absolute Gasteiger partial charge is 0.399 e. The van der Waals surface area contributed by atoms with Crippen molar-refractivity contribution in [2.24, 2.45) is 0 Å². The fraction of sp³-hybridized carbons (Fsp3) is 0.222. The number of rotatable bonds is 0. The van der Waals surface area contributed by atoms with Gasteiger partial charge >= 0.3 is 0 Å². The fourth-order valence-electron chi connectivity index (χ4n) is 1.17. The zero-order valence-corrected chi connectivity index (χ0v) is 13.8. The molecule has 0 aromatic carbocycles. The van der Waals surface area contributed by atoms with Gasteiger partial charge in [0.2, 0.25) is 0 Å². The number of hydrogen-bond donors (Lipinski definition) is 0. The molecule has 71 valence electrons. The van der Waals surface area contributed by atoms with Crippen molar-refractivity contribution in [1.29, 1.82) is 0 Å². The minimum absolute atomic E-state index is 0. The van der Waals surface area contributed by atoms with Crippen molar-refractivity contribution >= 4 is 5.82 Å². The summed E-state index contributed by atoms with van der Waals surface area (Å²) in [4.78, 5) is 9.70. The minimum Gasteiger partial charge on any atom is -0.399 e. The summed E-state index contributed by atoms with van der Waals surface area (Å²) in [6.07, 6.45) is 2.96. The van der Waals surface area contributed by atoms with Crippen molar-refractivity contribution < 1.29 is 55.1 Å². The maximum Gasteiger partial charge on any atom is 0.0235 e. The molecule has 2 rings (SSSR count). The molecule has 0 saturated carbocycles. The van der Waals surface area contributed by atoms with Gasteiger partial charge in [-0.15, -0.1) is 18.5 Å². The first kappa shape index (κ1) is 12.4. The molecule has 1 aliphatic heterocycles. The Morgan fingerprint density at radius 3 is 2.79 bits per heavy atom. The number of hydrogen-bond acceptors (Lipinski definition) is 3. The Morgan fingerprint density at radius 2 is 2.21 bits per heavy atom. The van der Waals surface area contributed by atoms with Gasteiger partial charge < -0.3 is 14.9 Å². The van der Waals surface area contributed by atoms with Gasteiger partial charge in [-0.25, -0.2) is 0 Å². The van der Waals surface area contributed by atoms with Gasteiger partial charge in [-0.2, -0.15) is 0 Å². The summed E-state index contributed by atoms with van der Waals surface area (Å²) in [6.45, 7) is 5.64. The molecule has 5 heteroatoms. The van der Waals surface area contributed by atoms with Crippen molar-refractivity contribution in [1.82, 2.24) is 9.97 Å². The molecule has 0 saturated heterocycles. The van der Waals surface area contributed by atoms with Crippen molar-refractivity contribution in [2.75, 3.05) is 11.9 Å². The second-order valence-electron chi connectivity index (χ2n) is 2.74. The van der Waals surface area contributed by atoms with Crippen LogP contribution in [-0.2, 0) is 53.8 Å². The quantitative estimate of drug-likeness (QED) is 0.574. The van der Waals surface area contributed by atoms with Crippen LogP contribution in [-0.4, -0.2) is 17.0 Å². The van der Waals surface area contributed by atoms with E-state index in [9.17, 15) is 0 Å². The predicted molar refractivity (Wildman–Crippen MR) is 46.6 cm³/mol. The SMILES string of the molecule is [3H][C-]1C(=C)N(C)c2n[c-]nc(C)c21.[W].[Y]. The van der Waals surface area contributed by atoms with E-state index in [0.29, 0.717) is 12.1 Å². The molecule has 0 bridgehead atoms. The normalized spacial score (nSPS) is 14.1. The van der Waals surface area contributed by atoms with Crippen LogP contribution in [0.4, 0.5) is 5.82 Å². The van der Waals surface area contributed by atoms with E-state index in [0.717, 1.165) is 17.1 Å². The van der Waals surface area contributed by atoms with Gasteiger partial charge in [-0.3, -0.25) is 0 Å². The molecule has 0 spiro atoms. The van der Waals surface area contributed by atoms with Crippen LogP contribution in [0.25, 0.3) is 0 Å². The first-order valence-corrected chi connectivity index (χ1v) is 3.64. The first-order chi connectivity index (χ1) is 6.13. The van der Waals surface area contributed by atoms with Gasteiger partial charge in [0.05, 0.1) is 0 Å². The number of aryl methyl sites for hydroxylation is 1. The maximum atomic E-state index is 7.77. The summed E-state index contributed by atoms with van der Waals surface area (Å²) in [6, 6.07) is 0. The van der Waals surface area contributed by atoms with Crippen molar-refractivity contribution in [3.05, 3.63) is 36.3 Å². The van der Waals surface area contributed by atoms with Gasteiger partial charge in [0, 0.05) is 65.9 Å². The molecule has 0 unspecified atom stereocenters. The number of likely N-dealkylation sites (N-methyl/N-ethyl adjacent to an activating group) is 1. The second-order valence-corrected chi connectivity index (χ2v) is 2.74. The van der Waals surface area contributed by atoms with E-state index in [1.54, 1.807) is 4.90 Å². The number of aromatic nitrogens is 2. The van der Waals surface area contributed by atoms with Crippen LogP contribution < -0.4 is 4.90 Å². The molecule has 1 radical (unpaired) electrons. The summed E-state index contributed by atoms with van der Waals surface area (Å²) in [5.74, 6) is 0.725. The standard InChI is InChI=1S/C9H9N3.W.Y/c1-6-4-8-7(2)10-5-11-9(8)12(6)3;;/h4H,1H2,2-3H3;;/q-2;;/i4T;;. The van der Waals surface area contributed by atoms with Gasteiger partial charge in [0.1, 0.15) is 0 Å². The van der Waals surface area contributed by atoms with E-state index in [1.165, 1.54) is 0 Å². The molecule has 1 aliphatic rings. The van der Waals surface area contributed by atoms with E-state index in [4.69, 9.17) is 1.37 Å². The van der Waals surface area contributed by atoms with Crippen LogP contribution in [0.5, 0.6) is 0 Å². The Labute approximate surface area is 125 Å². The van der Waals surface area contributed by atoms with E-state index in [2.05, 4.69) is 22.9 Å². The van der Waals surface area contributed by atoms with Gasteiger partial charge in [0.15, 0.2) is 0 Å². The Bertz CT molecular complexity index is 386. The monoisotopic (exact) mass is 434 g/mol. The molecule has 3 nitrogen and oxygen atoms in total. The van der Waals surface area contributed by atoms with Crippen molar-refractivity contribution in [2.45, 2.75) is 6.92 Å². The molecule has 0 amide bonds. The Kier molecular flexibility index (Phi) is 4.75. The first-order valence-electron chi connectivity index (χ1n) is 4.14.